The monoisotopic (exact) mass is 343 g/mol. The largest absolute Gasteiger partial charge is 0.374 e. The molecule has 1 aliphatic heterocycles. The fourth-order valence-electron chi connectivity index (χ4n) is 2.72. The van der Waals surface area contributed by atoms with Crippen LogP contribution in [-0.2, 0) is 9.59 Å². The maximum atomic E-state index is 12.9. The first-order valence-electron chi connectivity index (χ1n) is 7.69. The highest BCUT2D eigenvalue weighted by Gasteiger charge is 2.29. The van der Waals surface area contributed by atoms with E-state index in [9.17, 15) is 9.59 Å². The van der Waals surface area contributed by atoms with Crippen molar-refractivity contribution in [2.45, 2.75) is 19.9 Å². The van der Waals surface area contributed by atoms with Crippen LogP contribution in [0.2, 0.25) is 5.02 Å². The van der Waals surface area contributed by atoms with Gasteiger partial charge in [0.25, 0.3) is 0 Å². The molecule has 2 amide bonds. The molecule has 2 aromatic rings. The van der Waals surface area contributed by atoms with Crippen LogP contribution in [0.5, 0.6) is 0 Å². The Labute approximate surface area is 145 Å². The molecule has 0 fully saturated rings. The second kappa shape index (κ2) is 6.53. The van der Waals surface area contributed by atoms with Gasteiger partial charge >= 0.3 is 0 Å². The van der Waals surface area contributed by atoms with Crippen LogP contribution in [0.3, 0.4) is 0 Å². The minimum absolute atomic E-state index is 0.0103. The summed E-state index contributed by atoms with van der Waals surface area (Å²) in [5.74, 6) is -0.370. The Bertz CT molecular complexity index is 807. The van der Waals surface area contributed by atoms with Crippen LogP contribution >= 0.6 is 11.6 Å². The number of anilines is 3. The van der Waals surface area contributed by atoms with Crippen LogP contribution in [0, 0.1) is 6.92 Å². The van der Waals surface area contributed by atoms with Crippen molar-refractivity contribution in [2.24, 2.45) is 0 Å². The zero-order valence-electron chi connectivity index (χ0n) is 13.5. The lowest BCUT2D eigenvalue weighted by Gasteiger charge is -2.31. The molecule has 2 N–H and O–H groups in total. The van der Waals surface area contributed by atoms with Gasteiger partial charge in [0, 0.05) is 10.7 Å². The highest BCUT2D eigenvalue weighted by Crippen LogP contribution is 2.30. The lowest BCUT2D eigenvalue weighted by Crippen LogP contribution is -2.47. The van der Waals surface area contributed by atoms with E-state index in [4.69, 9.17) is 11.6 Å². The SMILES string of the molecule is Cc1c(Cl)cccc1N[C@@H](C)C(=O)N1CC(=O)Nc2ccccc21. The summed E-state index contributed by atoms with van der Waals surface area (Å²) in [7, 11) is 0. The molecule has 0 spiro atoms. The van der Waals surface area contributed by atoms with Gasteiger partial charge in [0.05, 0.1) is 11.4 Å². The average molecular weight is 344 g/mol. The summed E-state index contributed by atoms with van der Waals surface area (Å²) in [5.41, 5.74) is 3.04. The predicted octanol–water partition coefficient (Wildman–Crippen LogP) is 3.43. The summed E-state index contributed by atoms with van der Waals surface area (Å²) in [6.07, 6.45) is 0. The van der Waals surface area contributed by atoms with E-state index < -0.39 is 6.04 Å². The molecule has 1 heterocycles. The van der Waals surface area contributed by atoms with E-state index in [1.54, 1.807) is 19.1 Å². The summed E-state index contributed by atoms with van der Waals surface area (Å²) >= 11 is 6.12. The number of amides is 2. The van der Waals surface area contributed by atoms with Gasteiger partial charge < -0.3 is 10.6 Å². The number of hydrogen-bond acceptors (Lipinski definition) is 3. The molecular formula is C18H18ClN3O2. The molecule has 24 heavy (non-hydrogen) atoms. The van der Waals surface area contributed by atoms with Gasteiger partial charge in [-0.1, -0.05) is 29.8 Å². The first kappa shape index (κ1) is 16.3. The number of nitrogens with zero attached hydrogens (tertiary/aromatic N) is 1. The normalized spacial score (nSPS) is 14.6. The number of benzene rings is 2. The number of fused-ring (bicyclic) bond motifs is 1. The van der Waals surface area contributed by atoms with E-state index in [-0.39, 0.29) is 18.4 Å². The van der Waals surface area contributed by atoms with Crippen LogP contribution in [0.15, 0.2) is 42.5 Å². The Morgan fingerprint density at radius 3 is 2.79 bits per heavy atom. The van der Waals surface area contributed by atoms with E-state index in [2.05, 4.69) is 10.6 Å². The highest BCUT2D eigenvalue weighted by atomic mass is 35.5. The zero-order valence-corrected chi connectivity index (χ0v) is 14.2. The molecule has 0 saturated carbocycles. The topological polar surface area (TPSA) is 61.4 Å². The van der Waals surface area contributed by atoms with E-state index in [1.165, 1.54) is 4.90 Å². The molecule has 5 nitrogen and oxygen atoms in total. The van der Waals surface area contributed by atoms with Gasteiger partial charge in [-0.05, 0) is 43.7 Å². The van der Waals surface area contributed by atoms with Gasteiger partial charge in [-0.3, -0.25) is 14.5 Å². The van der Waals surface area contributed by atoms with Crippen molar-refractivity contribution in [3.8, 4) is 0 Å². The van der Waals surface area contributed by atoms with Crippen LogP contribution in [0.25, 0.3) is 0 Å². The van der Waals surface area contributed by atoms with Gasteiger partial charge in [0.1, 0.15) is 12.6 Å². The third-order valence-corrected chi connectivity index (χ3v) is 4.46. The second-order valence-corrected chi connectivity index (χ2v) is 6.18. The van der Waals surface area contributed by atoms with Gasteiger partial charge in [-0.2, -0.15) is 0 Å². The molecule has 0 unspecified atom stereocenters. The van der Waals surface area contributed by atoms with E-state index in [0.717, 1.165) is 11.3 Å². The molecule has 3 rings (SSSR count). The summed E-state index contributed by atoms with van der Waals surface area (Å²) < 4.78 is 0. The number of carbonyl (C=O) groups is 2. The molecular weight excluding hydrogens is 326 g/mol. The standard InChI is InChI=1S/C18H18ClN3O2/c1-11-13(19)6-5-8-14(11)20-12(2)18(24)22-10-17(23)21-15-7-3-4-9-16(15)22/h3-9,12,20H,10H2,1-2H3,(H,21,23)/t12-/m0/s1. The smallest absolute Gasteiger partial charge is 0.249 e. The van der Waals surface area contributed by atoms with Crippen LogP contribution in [0.1, 0.15) is 12.5 Å². The Kier molecular flexibility index (Phi) is 4.44. The molecule has 1 aliphatic rings. The summed E-state index contributed by atoms with van der Waals surface area (Å²) in [4.78, 5) is 26.2. The van der Waals surface area contributed by atoms with Crippen molar-refractivity contribution in [3.63, 3.8) is 0 Å². The van der Waals surface area contributed by atoms with E-state index in [0.29, 0.717) is 16.4 Å². The number of carbonyl (C=O) groups excluding carboxylic acids is 2. The fraction of sp³-hybridized carbons (Fsp3) is 0.222. The molecule has 0 aliphatic carbocycles. The first-order chi connectivity index (χ1) is 11.5. The number of rotatable bonds is 3. The van der Waals surface area contributed by atoms with Crippen molar-refractivity contribution in [1.29, 1.82) is 0 Å². The Hall–Kier alpha value is -2.53. The summed E-state index contributed by atoms with van der Waals surface area (Å²) in [5, 5.41) is 6.61. The molecule has 1 atom stereocenters. The summed E-state index contributed by atoms with van der Waals surface area (Å²) in [6.45, 7) is 3.68. The third kappa shape index (κ3) is 3.08. The van der Waals surface area contributed by atoms with Gasteiger partial charge in [-0.25, -0.2) is 0 Å². The predicted molar refractivity (Wildman–Crippen MR) is 96.7 cm³/mol. The average Bonchev–Trinajstić information content (AvgIpc) is 2.57. The molecule has 0 radical (unpaired) electrons. The Morgan fingerprint density at radius 1 is 1.25 bits per heavy atom. The lowest BCUT2D eigenvalue weighted by molar-refractivity contribution is -0.122. The molecule has 0 saturated heterocycles. The minimum Gasteiger partial charge on any atom is -0.374 e. The van der Waals surface area contributed by atoms with Gasteiger partial charge in [-0.15, -0.1) is 0 Å². The van der Waals surface area contributed by atoms with E-state index >= 15 is 0 Å². The number of para-hydroxylation sites is 2. The maximum Gasteiger partial charge on any atom is 0.249 e. The van der Waals surface area contributed by atoms with Crippen LogP contribution in [-0.4, -0.2) is 24.4 Å². The van der Waals surface area contributed by atoms with Crippen molar-refractivity contribution in [1.82, 2.24) is 0 Å². The van der Waals surface area contributed by atoms with Crippen molar-refractivity contribution < 1.29 is 9.59 Å². The van der Waals surface area contributed by atoms with Gasteiger partial charge in [0.2, 0.25) is 11.8 Å². The Balaban J connectivity index is 1.84. The maximum absolute atomic E-state index is 12.9. The second-order valence-electron chi connectivity index (χ2n) is 5.77. The highest BCUT2D eigenvalue weighted by molar-refractivity contribution is 6.31. The number of hydrogen-bond donors (Lipinski definition) is 2. The zero-order chi connectivity index (χ0) is 17.3. The molecule has 0 bridgehead atoms. The molecule has 6 heteroatoms. The third-order valence-electron chi connectivity index (χ3n) is 4.05. The molecule has 124 valence electrons. The van der Waals surface area contributed by atoms with Crippen LogP contribution < -0.4 is 15.5 Å². The summed E-state index contributed by atoms with van der Waals surface area (Å²) in [6, 6.07) is 12.3. The van der Waals surface area contributed by atoms with Crippen LogP contribution in [0.4, 0.5) is 17.1 Å². The van der Waals surface area contributed by atoms with Crippen molar-refractivity contribution in [3.05, 3.63) is 53.1 Å². The Morgan fingerprint density at radius 2 is 2.00 bits per heavy atom. The molecule has 2 aromatic carbocycles. The van der Waals surface area contributed by atoms with Crippen molar-refractivity contribution in [2.75, 3.05) is 22.1 Å². The number of nitrogens with one attached hydrogen (secondary N) is 2. The minimum atomic E-state index is -0.499. The van der Waals surface area contributed by atoms with Gasteiger partial charge in [0.15, 0.2) is 0 Å². The van der Waals surface area contributed by atoms with Crippen molar-refractivity contribution >= 4 is 40.5 Å². The fourth-order valence-corrected chi connectivity index (χ4v) is 2.90. The lowest BCUT2D eigenvalue weighted by atomic mass is 10.1. The first-order valence-corrected chi connectivity index (χ1v) is 8.07. The van der Waals surface area contributed by atoms with E-state index in [1.807, 2.05) is 37.3 Å². The quantitative estimate of drug-likeness (QED) is 0.897. The number of halogens is 1. The molecule has 0 aromatic heterocycles.